The summed E-state index contributed by atoms with van der Waals surface area (Å²) in [4.78, 5) is 12.9. The van der Waals surface area contributed by atoms with E-state index in [9.17, 15) is 4.79 Å². The summed E-state index contributed by atoms with van der Waals surface area (Å²) in [7, 11) is 1.64. The maximum Gasteiger partial charge on any atom is 0.224 e. The molecule has 0 aliphatic rings. The van der Waals surface area contributed by atoms with Crippen molar-refractivity contribution < 1.29 is 9.53 Å². The van der Waals surface area contributed by atoms with Gasteiger partial charge in [-0.1, -0.05) is 97.1 Å². The first kappa shape index (κ1) is 21.4. The molecule has 32 heavy (non-hydrogen) atoms. The van der Waals surface area contributed by atoms with Gasteiger partial charge in [-0.2, -0.15) is 0 Å². The summed E-state index contributed by atoms with van der Waals surface area (Å²) < 4.78 is 5.20. The first-order valence-electron chi connectivity index (χ1n) is 10.8. The van der Waals surface area contributed by atoms with Crippen molar-refractivity contribution >= 4 is 5.91 Å². The molecule has 4 rings (SSSR count). The van der Waals surface area contributed by atoms with E-state index >= 15 is 0 Å². The quantitative estimate of drug-likeness (QED) is 0.379. The summed E-state index contributed by atoms with van der Waals surface area (Å²) in [6.45, 7) is 0. The number of carbonyl (C=O) groups excluding carboxylic acids is 1. The summed E-state index contributed by atoms with van der Waals surface area (Å²) >= 11 is 0. The fourth-order valence-electron chi connectivity index (χ4n) is 3.81. The lowest BCUT2D eigenvalue weighted by molar-refractivity contribution is -0.121. The lowest BCUT2D eigenvalue weighted by Gasteiger charge is -2.20. The van der Waals surface area contributed by atoms with E-state index in [1.807, 2.05) is 60.7 Å². The first-order chi connectivity index (χ1) is 15.7. The summed E-state index contributed by atoms with van der Waals surface area (Å²) in [6.07, 6.45) is 1.07. The number of hydrogen-bond donors (Lipinski definition) is 1. The highest BCUT2D eigenvalue weighted by Crippen LogP contribution is 2.24. The van der Waals surface area contributed by atoms with Gasteiger partial charge in [-0.3, -0.25) is 4.79 Å². The van der Waals surface area contributed by atoms with Crippen LogP contribution in [0.2, 0.25) is 0 Å². The van der Waals surface area contributed by atoms with E-state index < -0.39 is 0 Å². The van der Waals surface area contributed by atoms with Crippen LogP contribution in [0, 0.1) is 0 Å². The molecule has 0 bridgehead atoms. The van der Waals surface area contributed by atoms with Crippen LogP contribution in [0.15, 0.2) is 109 Å². The Balaban J connectivity index is 1.52. The van der Waals surface area contributed by atoms with Crippen LogP contribution < -0.4 is 10.1 Å². The molecule has 0 saturated heterocycles. The zero-order chi connectivity index (χ0) is 22.2. The number of hydrogen-bond acceptors (Lipinski definition) is 2. The number of rotatable bonds is 8. The van der Waals surface area contributed by atoms with Crippen molar-refractivity contribution in [3.05, 3.63) is 126 Å². The van der Waals surface area contributed by atoms with E-state index in [1.54, 1.807) is 7.11 Å². The second kappa shape index (κ2) is 10.5. The third kappa shape index (κ3) is 5.64. The number of ether oxygens (including phenoxy) is 1. The molecule has 0 unspecified atom stereocenters. The molecule has 0 aliphatic carbocycles. The number of benzene rings is 4. The number of nitrogens with one attached hydrogen (secondary N) is 1. The minimum atomic E-state index is -0.104. The second-order valence-electron chi connectivity index (χ2n) is 7.82. The van der Waals surface area contributed by atoms with E-state index in [2.05, 4.69) is 53.8 Å². The molecule has 0 heterocycles. The van der Waals surface area contributed by atoms with Crippen molar-refractivity contribution in [2.45, 2.75) is 18.9 Å². The van der Waals surface area contributed by atoms with Crippen LogP contribution in [0.3, 0.4) is 0 Å². The highest BCUT2D eigenvalue weighted by Gasteiger charge is 2.16. The second-order valence-corrected chi connectivity index (χ2v) is 7.82. The Bertz CT molecular complexity index is 1120. The SMILES string of the molecule is COc1ccc(CC(=O)N[C@@H](Cc2ccccc2)c2ccc(-c3ccccc3)cc2)cc1. The fourth-order valence-corrected chi connectivity index (χ4v) is 3.81. The topological polar surface area (TPSA) is 38.3 Å². The van der Waals surface area contributed by atoms with Crippen LogP contribution >= 0.6 is 0 Å². The van der Waals surface area contributed by atoms with Gasteiger partial charge in [0.25, 0.3) is 0 Å². The predicted molar refractivity (Wildman–Crippen MR) is 130 cm³/mol. The minimum absolute atomic E-state index is 0.00299. The molecule has 0 radical (unpaired) electrons. The average Bonchev–Trinajstić information content (AvgIpc) is 2.85. The van der Waals surface area contributed by atoms with Gasteiger partial charge in [0, 0.05) is 0 Å². The van der Waals surface area contributed by atoms with Gasteiger partial charge in [0.15, 0.2) is 0 Å². The lowest BCUT2D eigenvalue weighted by atomic mass is 9.96. The van der Waals surface area contributed by atoms with E-state index in [4.69, 9.17) is 4.74 Å². The molecule has 1 atom stereocenters. The molecule has 0 aromatic heterocycles. The largest absolute Gasteiger partial charge is 0.497 e. The fraction of sp³-hybridized carbons (Fsp3) is 0.138. The molecule has 3 nitrogen and oxygen atoms in total. The first-order valence-corrected chi connectivity index (χ1v) is 10.8. The standard InChI is InChI=1S/C29H27NO2/c1-32-27-18-12-23(13-19-27)21-29(31)30-28(20-22-8-4-2-5-9-22)26-16-14-25(15-17-26)24-10-6-3-7-11-24/h2-19,28H,20-21H2,1H3,(H,30,31)/t28-/m0/s1. The van der Waals surface area contributed by atoms with Gasteiger partial charge in [0.2, 0.25) is 5.91 Å². The van der Waals surface area contributed by atoms with E-state index in [0.29, 0.717) is 6.42 Å². The van der Waals surface area contributed by atoms with E-state index in [-0.39, 0.29) is 11.9 Å². The molecule has 3 heteroatoms. The third-order valence-electron chi connectivity index (χ3n) is 5.56. The number of amides is 1. The van der Waals surface area contributed by atoms with Crippen LogP contribution in [0.4, 0.5) is 0 Å². The third-order valence-corrected chi connectivity index (χ3v) is 5.56. The Morgan fingerprint density at radius 2 is 1.31 bits per heavy atom. The maximum absolute atomic E-state index is 12.9. The lowest BCUT2D eigenvalue weighted by Crippen LogP contribution is -2.31. The monoisotopic (exact) mass is 421 g/mol. The molecule has 1 amide bonds. The van der Waals surface area contributed by atoms with Crippen molar-refractivity contribution in [1.82, 2.24) is 5.32 Å². The summed E-state index contributed by atoms with van der Waals surface area (Å²) in [5.74, 6) is 0.790. The van der Waals surface area contributed by atoms with Gasteiger partial charge in [-0.15, -0.1) is 0 Å². The van der Waals surface area contributed by atoms with Gasteiger partial charge in [0.05, 0.1) is 19.6 Å². The van der Waals surface area contributed by atoms with Crippen molar-refractivity contribution in [3.8, 4) is 16.9 Å². The molecule has 1 N–H and O–H groups in total. The Labute approximate surface area is 189 Å². The highest BCUT2D eigenvalue weighted by molar-refractivity contribution is 5.79. The van der Waals surface area contributed by atoms with Gasteiger partial charge in [-0.05, 0) is 46.4 Å². The van der Waals surface area contributed by atoms with Crippen LogP contribution in [0.5, 0.6) is 5.75 Å². The molecule has 4 aromatic carbocycles. The molecular formula is C29H27NO2. The number of carbonyl (C=O) groups is 1. The zero-order valence-electron chi connectivity index (χ0n) is 18.2. The molecule has 4 aromatic rings. The molecule has 160 valence electrons. The Hall–Kier alpha value is -3.85. The van der Waals surface area contributed by atoms with Gasteiger partial charge >= 0.3 is 0 Å². The van der Waals surface area contributed by atoms with Crippen molar-refractivity contribution in [1.29, 1.82) is 0 Å². The summed E-state index contributed by atoms with van der Waals surface area (Å²) in [5, 5.41) is 3.25. The van der Waals surface area contributed by atoms with Gasteiger partial charge < -0.3 is 10.1 Å². The average molecular weight is 422 g/mol. The van der Waals surface area contributed by atoms with Crippen molar-refractivity contribution in [2.24, 2.45) is 0 Å². The molecule has 0 saturated carbocycles. The Kier molecular flexibility index (Phi) is 6.98. The number of methoxy groups -OCH3 is 1. The van der Waals surface area contributed by atoms with Crippen LogP contribution in [0.25, 0.3) is 11.1 Å². The van der Waals surface area contributed by atoms with Crippen LogP contribution in [-0.2, 0) is 17.6 Å². The van der Waals surface area contributed by atoms with Gasteiger partial charge in [-0.25, -0.2) is 0 Å². The summed E-state index contributed by atoms with van der Waals surface area (Å²) in [5.41, 5.74) is 5.59. The molecule has 0 aliphatic heterocycles. The normalized spacial score (nSPS) is 11.5. The smallest absolute Gasteiger partial charge is 0.224 e. The minimum Gasteiger partial charge on any atom is -0.497 e. The van der Waals surface area contributed by atoms with Crippen LogP contribution in [-0.4, -0.2) is 13.0 Å². The Morgan fingerprint density at radius 1 is 0.719 bits per heavy atom. The molecule has 0 fully saturated rings. The van der Waals surface area contributed by atoms with E-state index in [0.717, 1.165) is 28.9 Å². The van der Waals surface area contributed by atoms with E-state index in [1.165, 1.54) is 11.1 Å². The molecule has 0 spiro atoms. The maximum atomic E-state index is 12.9. The summed E-state index contributed by atoms with van der Waals surface area (Å²) in [6, 6.07) is 36.6. The van der Waals surface area contributed by atoms with Gasteiger partial charge in [0.1, 0.15) is 5.75 Å². The Morgan fingerprint density at radius 3 is 1.94 bits per heavy atom. The van der Waals surface area contributed by atoms with Crippen molar-refractivity contribution in [3.63, 3.8) is 0 Å². The zero-order valence-corrected chi connectivity index (χ0v) is 18.2. The highest BCUT2D eigenvalue weighted by atomic mass is 16.5. The van der Waals surface area contributed by atoms with Crippen LogP contribution in [0.1, 0.15) is 22.7 Å². The van der Waals surface area contributed by atoms with Crippen molar-refractivity contribution in [2.75, 3.05) is 7.11 Å². The predicted octanol–water partition coefficient (Wildman–Crippen LogP) is 6.00. The molecular weight excluding hydrogens is 394 g/mol.